The van der Waals surface area contributed by atoms with Crippen molar-refractivity contribution in [1.82, 2.24) is 98.2 Å². The van der Waals surface area contributed by atoms with Gasteiger partial charge in [0.2, 0.25) is 0 Å². The van der Waals surface area contributed by atoms with E-state index in [9.17, 15) is 0 Å². The summed E-state index contributed by atoms with van der Waals surface area (Å²) in [6.07, 6.45) is 13.3. The van der Waals surface area contributed by atoms with Crippen LogP contribution >= 0.6 is 15.9 Å². The molecule has 3 aromatic carbocycles. The number of benzene rings is 3. The Balaban J connectivity index is 0.000000326. The van der Waals surface area contributed by atoms with E-state index in [1.54, 1.807) is 28.2 Å². The van der Waals surface area contributed by atoms with E-state index in [1.165, 1.54) is 33.8 Å². The van der Waals surface area contributed by atoms with Crippen molar-refractivity contribution in [2.75, 3.05) is 0 Å². The third-order valence-corrected chi connectivity index (χ3v) is 17.1. The van der Waals surface area contributed by atoms with E-state index in [0.717, 1.165) is 68.6 Å². The lowest BCUT2D eigenvalue weighted by Crippen LogP contribution is -2.16. The number of rotatable bonds is 5. The molecule has 0 amide bonds. The lowest BCUT2D eigenvalue weighted by molar-refractivity contribution is 0.520. The van der Waals surface area contributed by atoms with Gasteiger partial charge < -0.3 is 0 Å². The third kappa shape index (κ3) is 30.9. The fourth-order valence-corrected chi connectivity index (χ4v) is 11.2. The first kappa shape index (κ1) is 95.0. The molecule has 0 saturated heterocycles. The highest BCUT2D eigenvalue weighted by Gasteiger charge is 2.26. The van der Waals surface area contributed by atoms with E-state index < -0.39 is 0 Å². The van der Waals surface area contributed by atoms with Gasteiger partial charge in [-0.25, -0.2) is 38.7 Å². The van der Waals surface area contributed by atoms with Gasteiger partial charge in [0.1, 0.15) is 18.5 Å². The number of para-hydroxylation sites is 2. The Labute approximate surface area is 670 Å². The Morgan fingerprint density at radius 1 is 0.409 bits per heavy atom. The number of hydrogen-bond acceptors (Lipinski definition) is 12. The normalized spacial score (nSPS) is 11.5. The highest BCUT2D eigenvalue weighted by molar-refractivity contribution is 9.10. The SMILES string of the molecule is CC.CC.CC(C)(C)c1ccn(-c2ccccn2)n1.CC(C)(C)c1ncn(Cc2ccccc2)n1.Cc1cc(C(C)(C)C)nn1-c1ccccc1.Cc1cn(C)nc1C(C)(C)C.Cc1nc(C(C)(C)C)nn1-c1ccccc1.Cc1nn(C)c(C(C)(C)C)c1Br.Cn1cc(C(C)(C)C)cn1.Cn1cnc(C(C)(C)C)n1. The van der Waals surface area contributed by atoms with E-state index in [1.807, 2.05) is 201 Å². The molecule has 600 valence electrons. The fourth-order valence-electron chi connectivity index (χ4n) is 10.3. The van der Waals surface area contributed by atoms with Crippen molar-refractivity contribution in [3.05, 3.63) is 244 Å². The highest BCUT2D eigenvalue weighted by Crippen LogP contribution is 2.32. The quantitative estimate of drug-likeness (QED) is 0.158. The average Bonchev–Trinajstić information content (AvgIpc) is 1.62. The maximum atomic E-state index is 4.67. The minimum Gasteiger partial charge on any atom is -0.276 e. The molecule has 0 fully saturated rings. The lowest BCUT2D eigenvalue weighted by atomic mass is 9.90. The summed E-state index contributed by atoms with van der Waals surface area (Å²) in [7, 11) is 7.76. The van der Waals surface area contributed by atoms with Crippen LogP contribution in [0.3, 0.4) is 0 Å². The largest absolute Gasteiger partial charge is 0.276 e. The maximum Gasteiger partial charge on any atom is 0.156 e. The zero-order chi connectivity index (χ0) is 83.7. The second-order valence-electron chi connectivity index (χ2n) is 35.1. The van der Waals surface area contributed by atoms with E-state index in [0.29, 0.717) is 0 Å². The molecular formula is C89H137BrN20. The Bertz CT molecular complexity index is 4410. The molecule has 12 rings (SSSR count). The molecule has 0 radical (unpaired) electrons. The van der Waals surface area contributed by atoms with Crippen molar-refractivity contribution in [1.29, 1.82) is 0 Å². The number of pyridine rings is 1. The van der Waals surface area contributed by atoms with Crippen LogP contribution in [0.5, 0.6) is 0 Å². The van der Waals surface area contributed by atoms with E-state index in [-0.39, 0.29) is 43.3 Å². The van der Waals surface area contributed by atoms with Crippen LogP contribution in [0.15, 0.2) is 169 Å². The predicted octanol–water partition coefficient (Wildman–Crippen LogP) is 21.2. The summed E-state index contributed by atoms with van der Waals surface area (Å²) in [4.78, 5) is 17.2. The topological polar surface area (TPSA) is 194 Å². The molecule has 0 N–H and O–H groups in total. The van der Waals surface area contributed by atoms with Gasteiger partial charge in [-0.1, -0.05) is 267 Å². The number of aromatic nitrogens is 20. The minimum absolute atomic E-state index is 0.00914. The van der Waals surface area contributed by atoms with Crippen LogP contribution in [0.2, 0.25) is 0 Å². The Hall–Kier alpha value is -9.24. The van der Waals surface area contributed by atoms with Crippen LogP contribution in [0.1, 0.15) is 268 Å². The number of nitrogens with zero attached hydrogens (tertiary/aromatic N) is 20. The smallest absolute Gasteiger partial charge is 0.156 e. The fraction of sp³-hybridized carbons (Fsp3) is 0.506. The molecule has 0 spiro atoms. The predicted molar refractivity (Wildman–Crippen MR) is 461 cm³/mol. The van der Waals surface area contributed by atoms with Crippen molar-refractivity contribution in [2.45, 2.75) is 271 Å². The van der Waals surface area contributed by atoms with Gasteiger partial charge in [0.05, 0.1) is 57.1 Å². The molecule has 0 aliphatic carbocycles. The van der Waals surface area contributed by atoms with Crippen LogP contribution in [-0.4, -0.2) is 98.2 Å². The summed E-state index contributed by atoms with van der Waals surface area (Å²) in [5.74, 6) is 4.46. The molecule has 0 bridgehead atoms. The molecule has 0 saturated carbocycles. The van der Waals surface area contributed by atoms with Crippen LogP contribution in [0, 0.1) is 27.7 Å². The van der Waals surface area contributed by atoms with Crippen molar-refractivity contribution in [3.8, 4) is 17.2 Å². The molecular weight excluding hydrogens is 1430 g/mol. The van der Waals surface area contributed by atoms with Gasteiger partial charge in [0.25, 0.3) is 0 Å². The Kier molecular flexibility index (Phi) is 35.5. The first-order chi connectivity index (χ1) is 50.8. The minimum atomic E-state index is -0.00914. The van der Waals surface area contributed by atoms with Crippen molar-refractivity contribution < 1.29 is 0 Å². The van der Waals surface area contributed by atoms with Crippen molar-refractivity contribution in [2.24, 2.45) is 28.2 Å². The lowest BCUT2D eigenvalue weighted by Gasteiger charge is -2.19. The van der Waals surface area contributed by atoms with E-state index in [2.05, 4.69) is 299 Å². The van der Waals surface area contributed by atoms with E-state index >= 15 is 0 Å². The number of halogens is 1. The van der Waals surface area contributed by atoms with E-state index in [4.69, 9.17) is 0 Å². The summed E-state index contributed by atoms with van der Waals surface area (Å²) in [5.41, 5.74) is 13.7. The molecule has 0 aliphatic heterocycles. The summed E-state index contributed by atoms with van der Waals surface area (Å²) in [6, 6.07) is 40.6. The first-order valence-electron chi connectivity index (χ1n) is 38.4. The molecule has 0 unspecified atom stereocenters. The van der Waals surface area contributed by atoms with Gasteiger partial charge in [-0.2, -0.15) is 40.8 Å². The summed E-state index contributed by atoms with van der Waals surface area (Å²) in [5, 5.41) is 35.2. The van der Waals surface area contributed by atoms with Crippen LogP contribution in [-0.2, 0) is 78.1 Å². The van der Waals surface area contributed by atoms with Gasteiger partial charge >= 0.3 is 0 Å². The summed E-state index contributed by atoms with van der Waals surface area (Å²) in [6.45, 7) is 68.7. The molecule has 0 aliphatic rings. The molecule has 9 heterocycles. The van der Waals surface area contributed by atoms with Gasteiger partial charge in [0, 0.05) is 96.6 Å². The monoisotopic (exact) mass is 1570 g/mol. The van der Waals surface area contributed by atoms with Crippen LogP contribution in [0.4, 0.5) is 0 Å². The Morgan fingerprint density at radius 3 is 1.25 bits per heavy atom. The third-order valence-electron chi connectivity index (χ3n) is 16.2. The molecule has 12 aromatic rings. The number of aryl methyl sites for hydroxylation is 8. The van der Waals surface area contributed by atoms with Gasteiger partial charge in [-0.3, -0.25) is 18.7 Å². The molecule has 21 heteroatoms. The molecule has 0 atom stereocenters. The maximum absolute atomic E-state index is 4.67. The summed E-state index contributed by atoms with van der Waals surface area (Å²) < 4.78 is 16.1. The van der Waals surface area contributed by atoms with Crippen molar-refractivity contribution in [3.63, 3.8) is 0 Å². The first-order valence-corrected chi connectivity index (χ1v) is 39.2. The molecule has 20 nitrogen and oxygen atoms in total. The average molecular weight is 1570 g/mol. The standard InChI is InChI=1S/C14H18N2.2C13H17N3.C12H15N3.C9H15BrN2.C9H16N2.C8H14N2.C7H13N3.2C2H6/c1-11-10-13(14(2,3)4)15-16(11)12-8-6-5-7-9-12;1-10-14-12(13(2,3)4)15-16(10)11-8-6-5-7-9-11;1-13(2,3)12-14-10-16(15-12)9-11-7-5-4-6-8-11;1-12(2,3)10-7-9-15(14-10)11-6-4-5-8-13-11;1-6-7(10)8(9(2,3)4)12(5)11-6;1-7-6-11(5)10-8(7)9(2,3)4;1-8(2,3)7-5-9-10(4)6-7;1-7(2,3)6-8-5-10(4)9-6;2*1-2/h5-10H,1-4H3;5-9H,1-4H3;4-8,10H,9H2,1-3H3;4-9H,1-3H3;1-5H3;6H,1-5H3;5-6H,1-4H3;5H,1-4H3;2*1-2H3. The zero-order valence-corrected chi connectivity index (χ0v) is 75.7. The summed E-state index contributed by atoms with van der Waals surface area (Å²) >= 11 is 3.55. The van der Waals surface area contributed by atoms with Gasteiger partial charge in [-0.15, -0.1) is 0 Å². The molecule has 9 aromatic heterocycles. The number of hydrogen-bond donors (Lipinski definition) is 0. The van der Waals surface area contributed by atoms with Gasteiger partial charge in [-0.05, 0) is 114 Å². The highest BCUT2D eigenvalue weighted by atomic mass is 79.9. The zero-order valence-electron chi connectivity index (χ0n) is 74.1. The van der Waals surface area contributed by atoms with Crippen molar-refractivity contribution >= 4 is 15.9 Å². The Morgan fingerprint density at radius 2 is 0.909 bits per heavy atom. The van der Waals surface area contributed by atoms with Crippen LogP contribution in [0.25, 0.3) is 17.2 Å². The van der Waals surface area contributed by atoms with Crippen LogP contribution < -0.4 is 0 Å². The second-order valence-corrected chi connectivity index (χ2v) is 35.9. The van der Waals surface area contributed by atoms with Gasteiger partial charge in [0.15, 0.2) is 23.3 Å². The molecule has 110 heavy (non-hydrogen) atoms. The second kappa shape index (κ2) is 41.2.